The van der Waals surface area contributed by atoms with Gasteiger partial charge < -0.3 is 9.30 Å². The van der Waals surface area contributed by atoms with Crippen molar-refractivity contribution in [3.63, 3.8) is 0 Å². The van der Waals surface area contributed by atoms with Crippen LogP contribution in [0.4, 0.5) is 0 Å². The first-order valence-electron chi connectivity index (χ1n) is 11.1. The smallest absolute Gasteiger partial charge is 0.291 e. The largest absolute Gasteiger partial charge is 0.497 e. The number of aromatic nitrogens is 5. The van der Waals surface area contributed by atoms with Crippen molar-refractivity contribution in [3.05, 3.63) is 100 Å². The Morgan fingerprint density at radius 1 is 0.941 bits per heavy atom. The summed E-state index contributed by atoms with van der Waals surface area (Å²) < 4.78 is 8.77. The molecule has 34 heavy (non-hydrogen) atoms. The van der Waals surface area contributed by atoms with Crippen molar-refractivity contribution in [1.82, 2.24) is 24.5 Å². The molecule has 0 aliphatic carbocycles. The number of nitrogens with zero attached hydrogens (tertiary/aromatic N) is 4. The van der Waals surface area contributed by atoms with Gasteiger partial charge in [0, 0.05) is 28.7 Å². The molecule has 0 amide bonds. The third-order valence-corrected chi connectivity index (χ3v) is 6.53. The van der Waals surface area contributed by atoms with Gasteiger partial charge in [-0.2, -0.15) is 10.2 Å². The van der Waals surface area contributed by atoms with Crippen LogP contribution >= 0.6 is 0 Å². The molecule has 0 fully saturated rings. The van der Waals surface area contributed by atoms with E-state index in [1.54, 1.807) is 19.5 Å². The number of methoxy groups -OCH3 is 1. The average Bonchev–Trinajstić information content (AvgIpc) is 3.45. The van der Waals surface area contributed by atoms with Gasteiger partial charge in [0.1, 0.15) is 11.3 Å². The van der Waals surface area contributed by atoms with Gasteiger partial charge in [0.2, 0.25) is 0 Å². The molecule has 0 aliphatic rings. The molecular formula is C27H23N5O2. The molecule has 0 atom stereocenters. The van der Waals surface area contributed by atoms with Gasteiger partial charge in [0.15, 0.2) is 0 Å². The van der Waals surface area contributed by atoms with E-state index < -0.39 is 0 Å². The maximum Gasteiger partial charge on any atom is 0.291 e. The third kappa shape index (κ3) is 3.25. The van der Waals surface area contributed by atoms with Crippen LogP contribution in [0, 0.1) is 0 Å². The highest BCUT2D eigenvalue weighted by Gasteiger charge is 2.15. The SMILES string of the molecule is COc1ccc(Cc2ccc3c4cnn(Cc5cccc6[nH]ncc56)c(=O)c4n(C)c3c2)cc1. The molecule has 0 aliphatic heterocycles. The minimum absolute atomic E-state index is 0.103. The monoisotopic (exact) mass is 449 g/mol. The van der Waals surface area contributed by atoms with Crippen molar-refractivity contribution in [1.29, 1.82) is 0 Å². The molecule has 7 nitrogen and oxygen atoms in total. The molecule has 0 unspecified atom stereocenters. The molecule has 7 heteroatoms. The Morgan fingerprint density at radius 3 is 2.59 bits per heavy atom. The van der Waals surface area contributed by atoms with Gasteiger partial charge in [0.05, 0.1) is 31.6 Å². The Kier molecular flexibility index (Phi) is 4.69. The van der Waals surface area contributed by atoms with Gasteiger partial charge in [-0.1, -0.05) is 36.4 Å². The number of fused-ring (bicyclic) bond motifs is 4. The van der Waals surface area contributed by atoms with Crippen LogP contribution in [0.25, 0.3) is 32.7 Å². The Labute approximate surface area is 195 Å². The average molecular weight is 450 g/mol. The molecule has 1 N–H and O–H groups in total. The Morgan fingerprint density at radius 2 is 1.76 bits per heavy atom. The van der Waals surface area contributed by atoms with E-state index in [2.05, 4.69) is 45.6 Å². The van der Waals surface area contributed by atoms with Gasteiger partial charge in [0.25, 0.3) is 5.56 Å². The lowest BCUT2D eigenvalue weighted by molar-refractivity contribution is 0.414. The summed E-state index contributed by atoms with van der Waals surface area (Å²) in [4.78, 5) is 13.5. The first-order valence-corrected chi connectivity index (χ1v) is 11.1. The number of hydrogen-bond acceptors (Lipinski definition) is 4. The predicted octanol–water partition coefficient (Wildman–Crippen LogP) is 4.41. The second-order valence-corrected chi connectivity index (χ2v) is 8.55. The first-order chi connectivity index (χ1) is 16.6. The second kappa shape index (κ2) is 7.88. The third-order valence-electron chi connectivity index (χ3n) is 6.53. The molecular weight excluding hydrogens is 426 g/mol. The number of aryl methyl sites for hydroxylation is 1. The molecule has 3 heterocycles. The molecule has 0 saturated heterocycles. The molecule has 0 bridgehead atoms. The van der Waals surface area contributed by atoms with Gasteiger partial charge in [-0.3, -0.25) is 9.89 Å². The molecule has 6 rings (SSSR count). The van der Waals surface area contributed by atoms with E-state index in [1.807, 2.05) is 41.9 Å². The summed E-state index contributed by atoms with van der Waals surface area (Å²) in [6.45, 7) is 0.385. The summed E-state index contributed by atoms with van der Waals surface area (Å²) in [5.41, 5.74) is 5.91. The fourth-order valence-electron chi connectivity index (χ4n) is 4.73. The molecule has 6 aromatic rings. The number of ether oxygens (including phenoxy) is 1. The van der Waals surface area contributed by atoms with E-state index in [9.17, 15) is 4.79 Å². The van der Waals surface area contributed by atoms with E-state index >= 15 is 0 Å². The fourth-order valence-corrected chi connectivity index (χ4v) is 4.73. The lowest BCUT2D eigenvalue weighted by atomic mass is 10.0. The minimum atomic E-state index is -0.103. The molecule has 168 valence electrons. The van der Waals surface area contributed by atoms with Crippen molar-refractivity contribution in [2.24, 2.45) is 7.05 Å². The summed E-state index contributed by atoms with van der Waals surface area (Å²) in [5.74, 6) is 0.848. The Bertz CT molecular complexity index is 1720. The number of aromatic amines is 1. The van der Waals surface area contributed by atoms with Crippen LogP contribution in [0.5, 0.6) is 5.75 Å². The van der Waals surface area contributed by atoms with E-state index in [0.29, 0.717) is 12.1 Å². The number of H-pyrrole nitrogens is 1. The molecule has 3 aromatic heterocycles. The molecule has 0 saturated carbocycles. The van der Waals surface area contributed by atoms with Crippen LogP contribution in [0.1, 0.15) is 16.7 Å². The maximum absolute atomic E-state index is 13.5. The van der Waals surface area contributed by atoms with Gasteiger partial charge in [-0.15, -0.1) is 0 Å². The summed E-state index contributed by atoms with van der Waals surface area (Å²) in [6, 6.07) is 20.4. The van der Waals surface area contributed by atoms with Crippen LogP contribution < -0.4 is 10.3 Å². The molecule has 3 aromatic carbocycles. The quantitative estimate of drug-likeness (QED) is 0.423. The van der Waals surface area contributed by atoms with Crippen LogP contribution in [0.15, 0.2) is 77.9 Å². The highest BCUT2D eigenvalue weighted by Crippen LogP contribution is 2.27. The Hall–Kier alpha value is -4.39. The predicted molar refractivity (Wildman–Crippen MR) is 133 cm³/mol. The Balaban J connectivity index is 1.41. The second-order valence-electron chi connectivity index (χ2n) is 8.55. The van der Waals surface area contributed by atoms with Crippen LogP contribution in [0.2, 0.25) is 0 Å². The number of nitrogens with one attached hydrogen (secondary N) is 1. The zero-order valence-corrected chi connectivity index (χ0v) is 18.9. The van der Waals surface area contributed by atoms with Crippen molar-refractivity contribution >= 4 is 32.7 Å². The standard InChI is InChI=1S/C27H23N5O2/c1-31-25-13-18(12-17-6-9-20(34-2)10-7-17)8-11-21(25)23-15-29-32(27(33)26(23)31)16-19-4-3-5-24-22(19)14-28-30-24/h3-11,13-15H,12,16H2,1-2H3,(H,28,30). The van der Waals surface area contributed by atoms with E-state index in [0.717, 1.165) is 44.9 Å². The normalized spacial score (nSPS) is 11.6. The number of benzene rings is 3. The van der Waals surface area contributed by atoms with Gasteiger partial charge in [-0.25, -0.2) is 4.68 Å². The first kappa shape index (κ1) is 20.2. The van der Waals surface area contributed by atoms with E-state index in [4.69, 9.17) is 4.74 Å². The summed E-state index contributed by atoms with van der Waals surface area (Å²) >= 11 is 0. The lowest BCUT2D eigenvalue weighted by Gasteiger charge is -2.07. The van der Waals surface area contributed by atoms with Gasteiger partial charge >= 0.3 is 0 Å². The van der Waals surface area contributed by atoms with Crippen LogP contribution in [-0.4, -0.2) is 31.7 Å². The van der Waals surface area contributed by atoms with Crippen molar-refractivity contribution in [3.8, 4) is 5.75 Å². The summed E-state index contributed by atoms with van der Waals surface area (Å²) in [6.07, 6.45) is 4.39. The van der Waals surface area contributed by atoms with Gasteiger partial charge in [-0.05, 0) is 47.4 Å². The molecule has 0 radical (unpaired) electrons. The summed E-state index contributed by atoms with van der Waals surface area (Å²) in [5, 5.41) is 14.5. The fraction of sp³-hybridized carbons (Fsp3) is 0.148. The number of rotatable bonds is 5. The zero-order chi connectivity index (χ0) is 23.2. The van der Waals surface area contributed by atoms with Crippen LogP contribution in [0.3, 0.4) is 0 Å². The van der Waals surface area contributed by atoms with E-state index in [-0.39, 0.29) is 5.56 Å². The minimum Gasteiger partial charge on any atom is -0.497 e. The van der Waals surface area contributed by atoms with Crippen LogP contribution in [-0.2, 0) is 20.0 Å². The number of hydrogen-bond donors (Lipinski definition) is 1. The van der Waals surface area contributed by atoms with Crippen molar-refractivity contribution in [2.45, 2.75) is 13.0 Å². The van der Waals surface area contributed by atoms with E-state index in [1.165, 1.54) is 15.8 Å². The summed E-state index contributed by atoms with van der Waals surface area (Å²) in [7, 11) is 3.62. The van der Waals surface area contributed by atoms with Crippen molar-refractivity contribution < 1.29 is 4.74 Å². The zero-order valence-electron chi connectivity index (χ0n) is 18.9. The maximum atomic E-state index is 13.5. The highest BCUT2D eigenvalue weighted by atomic mass is 16.5. The lowest BCUT2D eigenvalue weighted by Crippen LogP contribution is -2.24. The molecule has 0 spiro atoms. The topological polar surface area (TPSA) is 77.7 Å². The highest BCUT2D eigenvalue weighted by molar-refractivity contribution is 6.07. The van der Waals surface area contributed by atoms with Crippen molar-refractivity contribution in [2.75, 3.05) is 7.11 Å².